The zero-order chi connectivity index (χ0) is 16.6. The summed E-state index contributed by atoms with van der Waals surface area (Å²) in [6, 6.07) is -1.01. The fourth-order valence-corrected chi connectivity index (χ4v) is 1.94. The van der Waals surface area contributed by atoms with Crippen LogP contribution in [0.5, 0.6) is 0 Å². The SMILES string of the molecule is CC(C)C1(N(O)C(=O)OC(C)(C)C)C(=O)NC(=O)NC1=O. The summed E-state index contributed by atoms with van der Waals surface area (Å²) >= 11 is 0. The van der Waals surface area contributed by atoms with Gasteiger partial charge in [-0.2, -0.15) is 5.06 Å². The van der Waals surface area contributed by atoms with Gasteiger partial charge in [0.05, 0.1) is 0 Å². The van der Waals surface area contributed by atoms with Crippen molar-refractivity contribution in [3.8, 4) is 0 Å². The van der Waals surface area contributed by atoms with E-state index in [2.05, 4.69) is 0 Å². The standard InChI is InChI=1S/C12H19N3O6/c1-6(2)12(7(16)13-9(18)14-8(12)17)15(20)10(19)21-11(3,4)5/h6,20H,1-5H3,(H2,13,14,16,17,18). The molecular weight excluding hydrogens is 282 g/mol. The Morgan fingerprint density at radius 2 is 1.62 bits per heavy atom. The number of hydrogen-bond donors (Lipinski definition) is 3. The predicted octanol–water partition coefficient (Wildman–Crippen LogP) is 0.374. The first kappa shape index (κ1) is 16.9. The van der Waals surface area contributed by atoms with Crippen molar-refractivity contribution in [2.45, 2.75) is 45.8 Å². The van der Waals surface area contributed by atoms with Gasteiger partial charge in [-0.1, -0.05) is 13.8 Å². The summed E-state index contributed by atoms with van der Waals surface area (Å²) in [6.07, 6.45) is -1.27. The van der Waals surface area contributed by atoms with Crippen molar-refractivity contribution in [2.75, 3.05) is 0 Å². The second-order valence-corrected chi connectivity index (χ2v) is 5.95. The summed E-state index contributed by atoms with van der Waals surface area (Å²) in [4.78, 5) is 47.3. The van der Waals surface area contributed by atoms with Gasteiger partial charge in [0, 0.05) is 0 Å². The van der Waals surface area contributed by atoms with Gasteiger partial charge in [-0.3, -0.25) is 25.4 Å². The molecule has 1 aliphatic rings. The normalized spacial score (nSPS) is 18.1. The van der Waals surface area contributed by atoms with E-state index in [0.717, 1.165) is 0 Å². The molecule has 0 aliphatic carbocycles. The number of rotatable bonds is 2. The van der Waals surface area contributed by atoms with Crippen molar-refractivity contribution in [3.63, 3.8) is 0 Å². The second-order valence-electron chi connectivity index (χ2n) is 5.95. The van der Waals surface area contributed by atoms with E-state index in [1.165, 1.54) is 13.8 Å². The highest BCUT2D eigenvalue weighted by atomic mass is 16.6. The van der Waals surface area contributed by atoms with Crippen LogP contribution in [0.1, 0.15) is 34.6 Å². The van der Waals surface area contributed by atoms with E-state index in [9.17, 15) is 24.4 Å². The van der Waals surface area contributed by atoms with E-state index in [0.29, 0.717) is 0 Å². The number of carbonyl (C=O) groups excluding carboxylic acids is 4. The number of imide groups is 2. The van der Waals surface area contributed by atoms with Crippen LogP contribution >= 0.6 is 0 Å². The molecule has 21 heavy (non-hydrogen) atoms. The van der Waals surface area contributed by atoms with Crippen LogP contribution in [0.15, 0.2) is 0 Å². The molecule has 1 heterocycles. The van der Waals surface area contributed by atoms with Gasteiger partial charge in [-0.25, -0.2) is 9.59 Å². The van der Waals surface area contributed by atoms with Gasteiger partial charge in [0.2, 0.25) is 5.54 Å². The van der Waals surface area contributed by atoms with Crippen molar-refractivity contribution in [2.24, 2.45) is 5.92 Å². The third-order valence-corrected chi connectivity index (χ3v) is 2.88. The van der Waals surface area contributed by atoms with Crippen molar-refractivity contribution >= 4 is 23.9 Å². The molecule has 118 valence electrons. The van der Waals surface area contributed by atoms with E-state index >= 15 is 0 Å². The van der Waals surface area contributed by atoms with Crippen molar-refractivity contribution in [1.29, 1.82) is 0 Å². The molecular formula is C12H19N3O6. The summed E-state index contributed by atoms with van der Waals surface area (Å²) in [5.41, 5.74) is -3.22. The van der Waals surface area contributed by atoms with Crippen molar-refractivity contribution in [1.82, 2.24) is 15.7 Å². The second kappa shape index (κ2) is 5.32. The fraction of sp³-hybridized carbons (Fsp3) is 0.667. The molecule has 1 rings (SSSR count). The highest BCUT2D eigenvalue weighted by Gasteiger charge is 2.59. The van der Waals surface area contributed by atoms with Crippen LogP contribution in [0.3, 0.4) is 0 Å². The Bertz CT molecular complexity index is 474. The van der Waals surface area contributed by atoms with Crippen molar-refractivity contribution in [3.05, 3.63) is 0 Å². The third-order valence-electron chi connectivity index (χ3n) is 2.88. The number of ether oxygens (including phenoxy) is 1. The smallest absolute Gasteiger partial charge is 0.435 e. The number of carbonyl (C=O) groups is 4. The Balaban J connectivity index is 3.22. The molecule has 5 amide bonds. The van der Waals surface area contributed by atoms with Gasteiger partial charge in [-0.05, 0) is 26.7 Å². The lowest BCUT2D eigenvalue weighted by Gasteiger charge is -2.41. The molecule has 0 aromatic carbocycles. The van der Waals surface area contributed by atoms with Crippen molar-refractivity contribution < 1.29 is 29.1 Å². The maximum Gasteiger partial charge on any atom is 0.435 e. The molecule has 0 aromatic heterocycles. The van der Waals surface area contributed by atoms with Gasteiger partial charge in [0.15, 0.2) is 0 Å². The maximum absolute atomic E-state index is 12.1. The summed E-state index contributed by atoms with van der Waals surface area (Å²) in [6.45, 7) is 7.58. The van der Waals surface area contributed by atoms with Gasteiger partial charge in [-0.15, -0.1) is 0 Å². The molecule has 0 aromatic rings. The van der Waals surface area contributed by atoms with E-state index in [4.69, 9.17) is 4.74 Å². The highest BCUT2D eigenvalue weighted by Crippen LogP contribution is 2.28. The molecule has 0 atom stereocenters. The Labute approximate surface area is 121 Å². The first-order chi connectivity index (χ1) is 9.42. The van der Waals surface area contributed by atoms with Gasteiger partial charge in [0.25, 0.3) is 11.8 Å². The first-order valence-electron chi connectivity index (χ1n) is 6.32. The number of nitrogens with one attached hydrogen (secondary N) is 2. The Hall–Kier alpha value is -2.16. The molecule has 0 bridgehead atoms. The van der Waals surface area contributed by atoms with E-state index in [-0.39, 0.29) is 5.06 Å². The number of hydroxylamine groups is 2. The topological polar surface area (TPSA) is 125 Å². The first-order valence-corrected chi connectivity index (χ1v) is 6.32. The largest absolute Gasteiger partial charge is 0.442 e. The van der Waals surface area contributed by atoms with E-state index in [1.807, 2.05) is 10.6 Å². The molecule has 1 saturated heterocycles. The molecule has 0 radical (unpaired) electrons. The van der Waals surface area contributed by atoms with Gasteiger partial charge in [0.1, 0.15) is 5.60 Å². The number of urea groups is 1. The van der Waals surface area contributed by atoms with Gasteiger partial charge >= 0.3 is 12.1 Å². The quantitative estimate of drug-likeness (QED) is 0.384. The lowest BCUT2D eigenvalue weighted by atomic mass is 9.83. The Morgan fingerprint density at radius 1 is 1.19 bits per heavy atom. The minimum atomic E-state index is -2.28. The van der Waals surface area contributed by atoms with Crippen LogP contribution in [0.2, 0.25) is 0 Å². The van der Waals surface area contributed by atoms with Crippen LogP contribution in [0.4, 0.5) is 9.59 Å². The predicted molar refractivity (Wildman–Crippen MR) is 69.1 cm³/mol. The van der Waals surface area contributed by atoms with Crippen LogP contribution in [0, 0.1) is 5.92 Å². The van der Waals surface area contributed by atoms with Crippen LogP contribution < -0.4 is 10.6 Å². The van der Waals surface area contributed by atoms with E-state index < -0.39 is 41.0 Å². The average molecular weight is 301 g/mol. The van der Waals surface area contributed by atoms with Crippen LogP contribution in [-0.4, -0.2) is 45.3 Å². The summed E-state index contributed by atoms with van der Waals surface area (Å²) in [5.74, 6) is -3.01. The highest BCUT2D eigenvalue weighted by molar-refractivity contribution is 6.23. The summed E-state index contributed by atoms with van der Waals surface area (Å²) in [7, 11) is 0. The Kier molecular flexibility index (Phi) is 4.28. The molecule has 1 fully saturated rings. The summed E-state index contributed by atoms with van der Waals surface area (Å²) < 4.78 is 4.94. The zero-order valence-electron chi connectivity index (χ0n) is 12.5. The lowest BCUT2D eigenvalue weighted by Crippen LogP contribution is -2.75. The average Bonchev–Trinajstić information content (AvgIpc) is 2.24. The lowest BCUT2D eigenvalue weighted by molar-refractivity contribution is -0.190. The molecule has 1 aliphatic heterocycles. The van der Waals surface area contributed by atoms with E-state index in [1.54, 1.807) is 20.8 Å². The number of nitrogens with zero attached hydrogens (tertiary/aromatic N) is 1. The molecule has 9 heteroatoms. The monoisotopic (exact) mass is 301 g/mol. The maximum atomic E-state index is 12.1. The minimum Gasteiger partial charge on any atom is -0.442 e. The van der Waals surface area contributed by atoms with Crippen LogP contribution in [0.25, 0.3) is 0 Å². The molecule has 0 saturated carbocycles. The summed E-state index contributed by atoms with van der Waals surface area (Å²) in [5, 5.41) is 13.7. The molecule has 3 N–H and O–H groups in total. The molecule has 9 nitrogen and oxygen atoms in total. The minimum absolute atomic E-state index is 0.0694. The Morgan fingerprint density at radius 3 is 1.95 bits per heavy atom. The number of barbiturate groups is 1. The van der Waals surface area contributed by atoms with Crippen LogP contribution in [-0.2, 0) is 14.3 Å². The number of hydrogen-bond acceptors (Lipinski definition) is 6. The zero-order valence-corrected chi connectivity index (χ0v) is 12.5. The van der Waals surface area contributed by atoms with Gasteiger partial charge < -0.3 is 4.74 Å². The molecule has 0 spiro atoms. The fourth-order valence-electron chi connectivity index (χ4n) is 1.94. The molecule has 0 unspecified atom stereocenters. The third kappa shape index (κ3) is 2.97. The number of amides is 5.